The van der Waals surface area contributed by atoms with Crippen LogP contribution in [-0.4, -0.2) is 28.9 Å². The van der Waals surface area contributed by atoms with Crippen LogP contribution >= 0.6 is 11.6 Å². The van der Waals surface area contributed by atoms with E-state index in [1.54, 1.807) is 12.1 Å². The molecule has 0 saturated heterocycles. The van der Waals surface area contributed by atoms with Gasteiger partial charge < -0.3 is 14.6 Å². The number of ether oxygens (including phenoxy) is 1. The molecule has 1 unspecified atom stereocenters. The highest BCUT2D eigenvalue weighted by molar-refractivity contribution is 6.31. The van der Waals surface area contributed by atoms with E-state index in [0.29, 0.717) is 23.7 Å². The van der Waals surface area contributed by atoms with Crippen LogP contribution in [0.3, 0.4) is 0 Å². The zero-order chi connectivity index (χ0) is 21.4. The summed E-state index contributed by atoms with van der Waals surface area (Å²) >= 11 is 6.17. The highest BCUT2D eigenvalue weighted by atomic mass is 35.5. The Morgan fingerprint density at radius 1 is 1.10 bits per heavy atom. The summed E-state index contributed by atoms with van der Waals surface area (Å²) in [5, 5.41) is 1.79. The number of rotatable bonds is 4. The normalized spacial score (nSPS) is 15.7. The Hall–Kier alpha value is -3.24. The van der Waals surface area contributed by atoms with E-state index in [1.807, 2.05) is 42.2 Å². The van der Waals surface area contributed by atoms with Crippen molar-refractivity contribution in [1.29, 1.82) is 0 Å². The first-order chi connectivity index (χ1) is 15.2. The van der Waals surface area contributed by atoms with Gasteiger partial charge in [0.15, 0.2) is 0 Å². The Balaban J connectivity index is 1.63. The molecule has 0 bridgehead atoms. The molecule has 0 saturated carbocycles. The Kier molecular flexibility index (Phi) is 5.16. The lowest BCUT2D eigenvalue weighted by atomic mass is 9.91. The number of halogens is 1. The number of para-hydroxylation sites is 1. The highest BCUT2D eigenvalue weighted by Gasteiger charge is 2.35. The molecular weight excluding hydrogens is 408 g/mol. The molecule has 1 amide bonds. The van der Waals surface area contributed by atoms with E-state index in [0.717, 1.165) is 28.9 Å². The van der Waals surface area contributed by atoms with Gasteiger partial charge in [-0.2, -0.15) is 0 Å². The number of aromatic nitrogens is 1. The van der Waals surface area contributed by atoms with Crippen molar-refractivity contribution in [2.75, 3.05) is 13.2 Å². The molecule has 5 rings (SSSR count). The van der Waals surface area contributed by atoms with E-state index in [2.05, 4.69) is 35.3 Å². The molecule has 0 fully saturated rings. The highest BCUT2D eigenvalue weighted by Crippen LogP contribution is 2.39. The summed E-state index contributed by atoms with van der Waals surface area (Å²) in [5.74, 6) is 0.803. The molecule has 1 atom stereocenters. The van der Waals surface area contributed by atoms with Gasteiger partial charge in [-0.3, -0.25) is 4.79 Å². The summed E-state index contributed by atoms with van der Waals surface area (Å²) in [5.41, 5.74) is 5.10. The molecule has 156 valence electrons. The summed E-state index contributed by atoms with van der Waals surface area (Å²) in [4.78, 5) is 19.1. The van der Waals surface area contributed by atoms with E-state index < -0.39 is 0 Å². The lowest BCUT2D eigenvalue weighted by molar-refractivity contribution is 0.0692. The van der Waals surface area contributed by atoms with E-state index in [4.69, 9.17) is 16.3 Å². The molecule has 2 heterocycles. The summed E-state index contributed by atoms with van der Waals surface area (Å²) < 4.78 is 5.62. The van der Waals surface area contributed by atoms with E-state index in [1.165, 1.54) is 10.9 Å². The second kappa shape index (κ2) is 8.12. The van der Waals surface area contributed by atoms with Crippen LogP contribution in [0.15, 0.2) is 72.8 Å². The fourth-order valence-electron chi connectivity index (χ4n) is 4.51. The number of carbonyl (C=O) groups is 1. The minimum absolute atomic E-state index is 0.0225. The average Bonchev–Trinajstić information content (AvgIpc) is 3.17. The average molecular weight is 431 g/mol. The maximum absolute atomic E-state index is 13.6. The molecule has 0 spiro atoms. The van der Waals surface area contributed by atoms with Crippen LogP contribution in [0, 0.1) is 0 Å². The van der Waals surface area contributed by atoms with Crippen molar-refractivity contribution in [2.24, 2.45) is 0 Å². The third-order valence-corrected chi connectivity index (χ3v) is 6.11. The second-order valence-electron chi connectivity index (χ2n) is 7.73. The lowest BCUT2D eigenvalue weighted by Crippen LogP contribution is -2.40. The first-order valence-electron chi connectivity index (χ1n) is 10.5. The zero-order valence-electron chi connectivity index (χ0n) is 17.3. The van der Waals surface area contributed by atoms with Crippen LogP contribution in [0.25, 0.3) is 10.9 Å². The number of nitrogens with zero attached hydrogens (tertiary/aromatic N) is 1. The van der Waals surface area contributed by atoms with Crippen LogP contribution in [0.2, 0.25) is 5.02 Å². The van der Waals surface area contributed by atoms with Gasteiger partial charge in [0.1, 0.15) is 5.75 Å². The number of hydrogen-bond donors (Lipinski definition) is 1. The number of carbonyl (C=O) groups excluding carboxylic acids is 1. The smallest absolute Gasteiger partial charge is 0.254 e. The van der Waals surface area contributed by atoms with Crippen LogP contribution in [0.5, 0.6) is 5.75 Å². The molecule has 31 heavy (non-hydrogen) atoms. The van der Waals surface area contributed by atoms with Gasteiger partial charge >= 0.3 is 0 Å². The van der Waals surface area contributed by atoms with Gasteiger partial charge in [-0.25, -0.2) is 0 Å². The third-order valence-electron chi connectivity index (χ3n) is 5.87. The van der Waals surface area contributed by atoms with Gasteiger partial charge in [0.25, 0.3) is 5.91 Å². The molecule has 0 aliphatic carbocycles. The number of H-pyrrole nitrogens is 1. The van der Waals surface area contributed by atoms with Crippen LogP contribution < -0.4 is 4.74 Å². The standard InChI is InChI=1S/C26H23ClN2O2/c1-2-31-20-12-10-17(11-13-20)25-24-22(21-8-3-4-9-23(21)28-24)14-15-29(25)26(30)18-6-5-7-19(27)16-18/h3-13,16,25,28H,2,14-15H2,1H3. The van der Waals surface area contributed by atoms with Crippen molar-refractivity contribution in [3.8, 4) is 5.75 Å². The van der Waals surface area contributed by atoms with Crippen molar-refractivity contribution in [1.82, 2.24) is 9.88 Å². The Labute approximate surface area is 186 Å². The number of nitrogens with one attached hydrogen (secondary N) is 1. The second-order valence-corrected chi connectivity index (χ2v) is 8.16. The molecular formula is C26H23ClN2O2. The van der Waals surface area contributed by atoms with Gasteiger partial charge in [0.2, 0.25) is 0 Å². The number of fused-ring (bicyclic) bond motifs is 3. The summed E-state index contributed by atoms with van der Waals surface area (Å²) in [6.45, 7) is 3.23. The third kappa shape index (κ3) is 3.57. The first-order valence-corrected chi connectivity index (χ1v) is 10.9. The molecule has 1 aliphatic rings. The minimum Gasteiger partial charge on any atom is -0.494 e. The Bertz CT molecular complexity index is 1250. The summed E-state index contributed by atoms with van der Waals surface area (Å²) in [6.07, 6.45) is 0.805. The first kappa shape index (κ1) is 19.7. The topological polar surface area (TPSA) is 45.3 Å². The quantitative estimate of drug-likeness (QED) is 0.431. The molecule has 4 aromatic rings. The lowest BCUT2D eigenvalue weighted by Gasteiger charge is -2.36. The van der Waals surface area contributed by atoms with Crippen molar-refractivity contribution in [3.05, 3.63) is 100 Å². The van der Waals surface area contributed by atoms with E-state index >= 15 is 0 Å². The largest absolute Gasteiger partial charge is 0.494 e. The number of hydrogen-bond acceptors (Lipinski definition) is 2. The van der Waals surface area contributed by atoms with Crippen molar-refractivity contribution in [2.45, 2.75) is 19.4 Å². The summed E-state index contributed by atoms with van der Waals surface area (Å²) in [6, 6.07) is 23.3. The van der Waals surface area contributed by atoms with Gasteiger partial charge in [-0.05, 0) is 60.9 Å². The number of amides is 1. The fourth-order valence-corrected chi connectivity index (χ4v) is 4.70. The van der Waals surface area contributed by atoms with Gasteiger partial charge in [-0.1, -0.05) is 48.0 Å². The van der Waals surface area contributed by atoms with Gasteiger partial charge in [0, 0.05) is 33.7 Å². The van der Waals surface area contributed by atoms with Gasteiger partial charge in [0.05, 0.1) is 12.6 Å². The van der Waals surface area contributed by atoms with Gasteiger partial charge in [-0.15, -0.1) is 0 Å². The SMILES string of the molecule is CCOc1ccc(C2c3[nH]c4ccccc4c3CCN2C(=O)c2cccc(Cl)c2)cc1. The molecule has 1 N–H and O–H groups in total. The fraction of sp³-hybridized carbons (Fsp3) is 0.192. The maximum Gasteiger partial charge on any atom is 0.254 e. The molecule has 5 heteroatoms. The van der Waals surface area contributed by atoms with Crippen LogP contribution in [0.1, 0.15) is 40.1 Å². The minimum atomic E-state index is -0.210. The molecule has 0 radical (unpaired) electrons. The van der Waals surface area contributed by atoms with Crippen molar-refractivity contribution >= 4 is 28.4 Å². The van der Waals surface area contributed by atoms with Crippen molar-refractivity contribution < 1.29 is 9.53 Å². The molecule has 1 aliphatic heterocycles. The van der Waals surface area contributed by atoms with Crippen LogP contribution in [0.4, 0.5) is 0 Å². The number of benzene rings is 3. The number of aromatic amines is 1. The summed E-state index contributed by atoms with van der Waals surface area (Å²) in [7, 11) is 0. The molecule has 3 aromatic carbocycles. The predicted molar refractivity (Wildman–Crippen MR) is 124 cm³/mol. The maximum atomic E-state index is 13.6. The monoisotopic (exact) mass is 430 g/mol. The van der Waals surface area contributed by atoms with Crippen molar-refractivity contribution in [3.63, 3.8) is 0 Å². The molecule has 1 aromatic heterocycles. The van der Waals surface area contributed by atoms with E-state index in [-0.39, 0.29) is 11.9 Å². The Morgan fingerprint density at radius 3 is 2.68 bits per heavy atom. The van der Waals surface area contributed by atoms with E-state index in [9.17, 15) is 4.79 Å². The predicted octanol–water partition coefficient (Wildman–Crippen LogP) is 6.01. The Morgan fingerprint density at radius 2 is 1.90 bits per heavy atom. The van der Waals surface area contributed by atoms with Crippen LogP contribution in [-0.2, 0) is 6.42 Å². The molecule has 4 nitrogen and oxygen atoms in total. The zero-order valence-corrected chi connectivity index (χ0v) is 18.0.